The summed E-state index contributed by atoms with van der Waals surface area (Å²) in [6.07, 6.45) is 6.75. The lowest BCUT2D eigenvalue weighted by Gasteiger charge is -2.15. The fourth-order valence-corrected chi connectivity index (χ4v) is 1.90. The number of hydrogen-bond donors (Lipinski definition) is 1. The third-order valence-electron chi connectivity index (χ3n) is 2.90. The zero-order chi connectivity index (χ0) is 10.7. The minimum absolute atomic E-state index is 0.350. The van der Waals surface area contributed by atoms with Gasteiger partial charge < -0.3 is 10.1 Å². The summed E-state index contributed by atoms with van der Waals surface area (Å²) in [5, 5.41) is 7.64. The highest BCUT2D eigenvalue weighted by Crippen LogP contribution is 2.14. The van der Waals surface area contributed by atoms with E-state index in [2.05, 4.69) is 17.3 Å². The summed E-state index contributed by atoms with van der Waals surface area (Å²) in [6.45, 7) is 4.02. The molecule has 2 rings (SSSR count). The van der Waals surface area contributed by atoms with Crippen molar-refractivity contribution in [1.29, 1.82) is 0 Å². The molecule has 2 heterocycles. The second kappa shape index (κ2) is 4.77. The smallest absolute Gasteiger partial charge is 0.0700 e. The molecule has 1 fully saturated rings. The number of aryl methyl sites for hydroxylation is 1. The van der Waals surface area contributed by atoms with Crippen LogP contribution in [0.15, 0.2) is 12.4 Å². The minimum atomic E-state index is 0.350. The average Bonchev–Trinajstić information content (AvgIpc) is 2.84. The van der Waals surface area contributed by atoms with Gasteiger partial charge in [-0.15, -0.1) is 0 Å². The van der Waals surface area contributed by atoms with E-state index in [1.807, 2.05) is 24.1 Å². The molecule has 0 bridgehead atoms. The lowest BCUT2D eigenvalue weighted by atomic mass is 10.1. The van der Waals surface area contributed by atoms with Gasteiger partial charge in [-0.05, 0) is 19.8 Å². The molecule has 2 atom stereocenters. The first kappa shape index (κ1) is 10.6. The van der Waals surface area contributed by atoms with Crippen LogP contribution in [0.3, 0.4) is 0 Å². The Balaban J connectivity index is 1.79. The van der Waals surface area contributed by atoms with Gasteiger partial charge in [0.1, 0.15) is 0 Å². The van der Waals surface area contributed by atoms with Crippen molar-refractivity contribution in [3.8, 4) is 0 Å². The van der Waals surface area contributed by atoms with Crippen molar-refractivity contribution in [3.63, 3.8) is 0 Å². The zero-order valence-electron chi connectivity index (χ0n) is 9.44. The van der Waals surface area contributed by atoms with Crippen LogP contribution in [0, 0.1) is 0 Å². The van der Waals surface area contributed by atoms with Gasteiger partial charge in [0.2, 0.25) is 0 Å². The molecular formula is C11H19N3O. The van der Waals surface area contributed by atoms with Gasteiger partial charge in [-0.3, -0.25) is 4.68 Å². The first-order valence-electron chi connectivity index (χ1n) is 5.59. The third kappa shape index (κ3) is 2.79. The van der Waals surface area contributed by atoms with Gasteiger partial charge in [-0.25, -0.2) is 0 Å². The van der Waals surface area contributed by atoms with E-state index in [-0.39, 0.29) is 0 Å². The maximum absolute atomic E-state index is 5.56. The largest absolute Gasteiger partial charge is 0.377 e. The fourth-order valence-electron chi connectivity index (χ4n) is 1.90. The third-order valence-corrected chi connectivity index (χ3v) is 2.90. The molecule has 0 aliphatic carbocycles. The van der Waals surface area contributed by atoms with Crippen molar-refractivity contribution in [2.45, 2.75) is 31.9 Å². The van der Waals surface area contributed by atoms with Crippen LogP contribution in [0.1, 0.15) is 31.4 Å². The number of hydrogen-bond acceptors (Lipinski definition) is 3. The summed E-state index contributed by atoms with van der Waals surface area (Å²) in [5.41, 5.74) is 1.23. The Bertz CT molecular complexity index is 305. The van der Waals surface area contributed by atoms with Crippen molar-refractivity contribution in [2.75, 3.05) is 13.2 Å². The Kier molecular flexibility index (Phi) is 3.38. The molecule has 1 saturated heterocycles. The van der Waals surface area contributed by atoms with Crippen LogP contribution < -0.4 is 5.32 Å². The molecule has 4 heteroatoms. The second-order valence-corrected chi connectivity index (χ2v) is 4.21. The first-order chi connectivity index (χ1) is 7.25. The second-order valence-electron chi connectivity index (χ2n) is 4.21. The molecule has 0 amide bonds. The van der Waals surface area contributed by atoms with Gasteiger partial charge in [0.15, 0.2) is 0 Å². The van der Waals surface area contributed by atoms with Crippen molar-refractivity contribution < 1.29 is 4.74 Å². The van der Waals surface area contributed by atoms with E-state index >= 15 is 0 Å². The molecule has 1 N–H and O–H groups in total. The van der Waals surface area contributed by atoms with Crippen LogP contribution in [0.25, 0.3) is 0 Å². The van der Waals surface area contributed by atoms with E-state index in [1.54, 1.807) is 0 Å². The summed E-state index contributed by atoms with van der Waals surface area (Å²) in [6, 6.07) is 0.350. The quantitative estimate of drug-likeness (QED) is 0.811. The Morgan fingerprint density at radius 2 is 2.60 bits per heavy atom. The lowest BCUT2D eigenvalue weighted by molar-refractivity contribution is 0.108. The Morgan fingerprint density at radius 3 is 3.20 bits per heavy atom. The summed E-state index contributed by atoms with van der Waals surface area (Å²) in [7, 11) is 1.94. The van der Waals surface area contributed by atoms with Gasteiger partial charge in [0.05, 0.1) is 12.3 Å². The molecule has 15 heavy (non-hydrogen) atoms. The zero-order valence-corrected chi connectivity index (χ0v) is 9.44. The molecule has 2 unspecified atom stereocenters. The lowest BCUT2D eigenvalue weighted by Crippen LogP contribution is -2.28. The Hall–Kier alpha value is -0.870. The van der Waals surface area contributed by atoms with Crippen LogP contribution in [0.5, 0.6) is 0 Å². The average molecular weight is 209 g/mol. The van der Waals surface area contributed by atoms with Crippen LogP contribution in [0.2, 0.25) is 0 Å². The van der Waals surface area contributed by atoms with Gasteiger partial charge in [-0.1, -0.05) is 0 Å². The highest BCUT2D eigenvalue weighted by Gasteiger charge is 2.16. The molecule has 1 aromatic rings. The fraction of sp³-hybridized carbons (Fsp3) is 0.727. The van der Waals surface area contributed by atoms with Crippen LogP contribution in [0.4, 0.5) is 0 Å². The molecule has 0 spiro atoms. The van der Waals surface area contributed by atoms with E-state index in [0.29, 0.717) is 12.1 Å². The number of rotatable bonds is 4. The van der Waals surface area contributed by atoms with Crippen molar-refractivity contribution in [3.05, 3.63) is 18.0 Å². The van der Waals surface area contributed by atoms with E-state index in [4.69, 9.17) is 4.74 Å². The SMILES string of the molecule is CC(NCC1CCCO1)c1cnn(C)c1. The molecule has 84 valence electrons. The van der Waals surface area contributed by atoms with Crippen molar-refractivity contribution in [1.82, 2.24) is 15.1 Å². The number of aromatic nitrogens is 2. The standard InChI is InChI=1S/C11H19N3O/c1-9(10-6-13-14(2)8-10)12-7-11-4-3-5-15-11/h6,8-9,11-12H,3-5,7H2,1-2H3. The maximum Gasteiger partial charge on any atom is 0.0700 e. The van der Waals surface area contributed by atoms with Gasteiger partial charge >= 0.3 is 0 Å². The molecule has 1 aromatic heterocycles. The van der Waals surface area contributed by atoms with E-state index in [1.165, 1.54) is 18.4 Å². The normalized spacial score (nSPS) is 23.2. The molecule has 0 saturated carbocycles. The van der Waals surface area contributed by atoms with E-state index in [9.17, 15) is 0 Å². The summed E-state index contributed by atoms with van der Waals surface area (Å²) < 4.78 is 7.39. The van der Waals surface area contributed by atoms with Crippen molar-refractivity contribution in [2.24, 2.45) is 7.05 Å². The topological polar surface area (TPSA) is 39.1 Å². The molecule has 1 aliphatic heterocycles. The van der Waals surface area contributed by atoms with E-state index in [0.717, 1.165) is 13.2 Å². The number of nitrogens with zero attached hydrogens (tertiary/aromatic N) is 2. The Morgan fingerprint density at radius 1 is 1.73 bits per heavy atom. The maximum atomic E-state index is 5.56. The van der Waals surface area contributed by atoms with Gasteiger partial charge in [-0.2, -0.15) is 5.10 Å². The van der Waals surface area contributed by atoms with Crippen LogP contribution in [-0.2, 0) is 11.8 Å². The minimum Gasteiger partial charge on any atom is -0.377 e. The number of nitrogens with one attached hydrogen (secondary N) is 1. The Labute approximate surface area is 90.6 Å². The van der Waals surface area contributed by atoms with Crippen molar-refractivity contribution >= 4 is 0 Å². The number of ether oxygens (including phenoxy) is 1. The van der Waals surface area contributed by atoms with Gasteiger partial charge in [0, 0.05) is 38.0 Å². The monoisotopic (exact) mass is 209 g/mol. The molecular weight excluding hydrogens is 190 g/mol. The van der Waals surface area contributed by atoms with Crippen LogP contribution >= 0.6 is 0 Å². The van der Waals surface area contributed by atoms with Gasteiger partial charge in [0.25, 0.3) is 0 Å². The van der Waals surface area contributed by atoms with Crippen LogP contribution in [-0.4, -0.2) is 29.0 Å². The summed E-state index contributed by atoms with van der Waals surface area (Å²) >= 11 is 0. The predicted octanol–water partition coefficient (Wildman–Crippen LogP) is 1.25. The molecule has 4 nitrogen and oxygen atoms in total. The first-order valence-corrected chi connectivity index (χ1v) is 5.59. The molecule has 1 aliphatic rings. The predicted molar refractivity (Wildman–Crippen MR) is 58.6 cm³/mol. The summed E-state index contributed by atoms with van der Waals surface area (Å²) in [4.78, 5) is 0. The van der Waals surface area contributed by atoms with E-state index < -0.39 is 0 Å². The highest BCUT2D eigenvalue weighted by molar-refractivity contribution is 5.08. The highest BCUT2D eigenvalue weighted by atomic mass is 16.5. The molecule has 0 radical (unpaired) electrons. The summed E-state index contributed by atoms with van der Waals surface area (Å²) in [5.74, 6) is 0. The molecule has 0 aromatic carbocycles.